The molecule has 0 saturated carbocycles. The van der Waals surface area contributed by atoms with Crippen LogP contribution < -0.4 is 9.54 Å². The highest BCUT2D eigenvalue weighted by atomic mass is 32.1. The van der Waals surface area contributed by atoms with Crippen molar-refractivity contribution < 1.29 is 19.1 Å². The van der Waals surface area contributed by atoms with Gasteiger partial charge < -0.3 is 14.0 Å². The molecule has 0 atom stereocenters. The minimum atomic E-state index is -0.395. The first kappa shape index (κ1) is 19.8. The molecule has 146 valence electrons. The van der Waals surface area contributed by atoms with Crippen molar-refractivity contribution in [1.82, 2.24) is 4.57 Å². The predicted octanol–water partition coefficient (Wildman–Crippen LogP) is 3.63. The van der Waals surface area contributed by atoms with E-state index in [1.54, 1.807) is 28.8 Å². The van der Waals surface area contributed by atoms with Crippen molar-refractivity contribution in [2.24, 2.45) is 4.99 Å². The van der Waals surface area contributed by atoms with Gasteiger partial charge in [-0.2, -0.15) is 4.99 Å². The van der Waals surface area contributed by atoms with Crippen LogP contribution in [0.5, 0.6) is 5.75 Å². The van der Waals surface area contributed by atoms with Gasteiger partial charge in [0.1, 0.15) is 12.3 Å². The van der Waals surface area contributed by atoms with Crippen molar-refractivity contribution in [3.63, 3.8) is 0 Å². The number of hydrogen-bond donors (Lipinski definition) is 0. The molecule has 0 unspecified atom stereocenters. The topological polar surface area (TPSA) is 69.9 Å². The summed E-state index contributed by atoms with van der Waals surface area (Å²) in [7, 11) is 1.34. The van der Waals surface area contributed by atoms with Crippen molar-refractivity contribution in [1.29, 1.82) is 0 Å². The molecule has 7 heteroatoms. The third-order valence-corrected chi connectivity index (χ3v) is 5.47. The summed E-state index contributed by atoms with van der Waals surface area (Å²) in [5, 5.41) is 0. The second-order valence-electron chi connectivity index (χ2n) is 6.35. The molecule has 2 aromatic carbocycles. The van der Waals surface area contributed by atoms with Crippen LogP contribution in [0.1, 0.15) is 28.4 Å². The summed E-state index contributed by atoms with van der Waals surface area (Å²) in [5.74, 6) is -0.0656. The molecule has 1 heterocycles. The number of esters is 1. The zero-order valence-electron chi connectivity index (χ0n) is 16.3. The first-order chi connectivity index (χ1) is 13.4. The molecule has 0 aliphatic rings. The number of thiazole rings is 1. The molecule has 3 rings (SSSR count). The van der Waals surface area contributed by atoms with Crippen molar-refractivity contribution >= 4 is 33.4 Å². The van der Waals surface area contributed by atoms with Gasteiger partial charge in [-0.05, 0) is 62.2 Å². The van der Waals surface area contributed by atoms with Crippen LogP contribution in [0, 0.1) is 13.8 Å². The number of ether oxygens (including phenoxy) is 2. The van der Waals surface area contributed by atoms with Gasteiger partial charge in [0.25, 0.3) is 5.91 Å². The van der Waals surface area contributed by atoms with Gasteiger partial charge >= 0.3 is 5.97 Å². The Labute approximate surface area is 167 Å². The standard InChI is InChI=1S/C21H22N2O4S/c1-5-27-16-8-6-15(7-9-16)20(25)22-21-23(12-18(24)26-4)17-11-13(2)10-14(3)19(17)28-21/h6-11H,5,12H2,1-4H3. The highest BCUT2D eigenvalue weighted by molar-refractivity contribution is 7.16. The minimum Gasteiger partial charge on any atom is -0.494 e. The van der Waals surface area contributed by atoms with Crippen LogP contribution in [0.25, 0.3) is 10.2 Å². The van der Waals surface area contributed by atoms with Crippen molar-refractivity contribution in [3.8, 4) is 5.75 Å². The van der Waals surface area contributed by atoms with E-state index in [1.807, 2.05) is 26.8 Å². The molecule has 28 heavy (non-hydrogen) atoms. The smallest absolute Gasteiger partial charge is 0.325 e. The highest BCUT2D eigenvalue weighted by Gasteiger charge is 2.14. The summed E-state index contributed by atoms with van der Waals surface area (Å²) in [4.78, 5) is 29.4. The molecule has 0 aliphatic heterocycles. The fourth-order valence-corrected chi connectivity index (χ4v) is 4.03. The van der Waals surface area contributed by atoms with Crippen LogP contribution in [-0.2, 0) is 16.1 Å². The van der Waals surface area contributed by atoms with Gasteiger partial charge in [-0.1, -0.05) is 17.4 Å². The molecule has 0 fully saturated rings. The van der Waals surface area contributed by atoms with Crippen LogP contribution >= 0.6 is 11.3 Å². The predicted molar refractivity (Wildman–Crippen MR) is 109 cm³/mol. The van der Waals surface area contributed by atoms with E-state index in [4.69, 9.17) is 9.47 Å². The van der Waals surface area contributed by atoms with Gasteiger partial charge in [0.05, 0.1) is 23.9 Å². The molecule has 0 saturated heterocycles. The SMILES string of the molecule is CCOc1ccc(C(=O)N=c2sc3c(C)cc(C)cc3n2CC(=O)OC)cc1. The van der Waals surface area contributed by atoms with E-state index in [0.717, 1.165) is 21.3 Å². The fraction of sp³-hybridized carbons (Fsp3) is 0.286. The van der Waals surface area contributed by atoms with Crippen LogP contribution in [0.2, 0.25) is 0 Å². The van der Waals surface area contributed by atoms with E-state index in [9.17, 15) is 9.59 Å². The Bertz CT molecular complexity index is 1090. The summed E-state index contributed by atoms with van der Waals surface area (Å²) in [6.45, 7) is 6.46. The van der Waals surface area contributed by atoms with Gasteiger partial charge in [0, 0.05) is 5.56 Å². The van der Waals surface area contributed by atoms with E-state index >= 15 is 0 Å². The second kappa shape index (κ2) is 8.39. The fourth-order valence-electron chi connectivity index (χ4n) is 2.96. The monoisotopic (exact) mass is 398 g/mol. The molecule has 6 nitrogen and oxygen atoms in total. The second-order valence-corrected chi connectivity index (χ2v) is 7.33. The zero-order valence-corrected chi connectivity index (χ0v) is 17.1. The maximum absolute atomic E-state index is 12.7. The Hall–Kier alpha value is -2.93. The summed E-state index contributed by atoms with van der Waals surface area (Å²) in [5.41, 5.74) is 3.48. The number of carbonyl (C=O) groups is 2. The minimum absolute atomic E-state index is 0.00517. The summed E-state index contributed by atoms with van der Waals surface area (Å²) in [6, 6.07) is 10.9. The average molecular weight is 398 g/mol. The molecular formula is C21H22N2O4S. The zero-order chi connectivity index (χ0) is 20.3. The average Bonchev–Trinajstić information content (AvgIpc) is 3.00. The Morgan fingerprint density at radius 3 is 2.50 bits per heavy atom. The Balaban J connectivity index is 2.09. The maximum atomic E-state index is 12.7. The van der Waals surface area contributed by atoms with Crippen LogP contribution in [-0.4, -0.2) is 30.2 Å². The van der Waals surface area contributed by atoms with Crippen molar-refractivity contribution in [2.75, 3.05) is 13.7 Å². The molecule has 3 aromatic rings. The molecule has 0 N–H and O–H groups in total. The van der Waals surface area contributed by atoms with Gasteiger partial charge in [0.15, 0.2) is 4.80 Å². The van der Waals surface area contributed by atoms with E-state index < -0.39 is 5.97 Å². The number of benzene rings is 2. The summed E-state index contributed by atoms with van der Waals surface area (Å²) in [6.07, 6.45) is 0. The van der Waals surface area contributed by atoms with E-state index in [0.29, 0.717) is 22.7 Å². The number of carbonyl (C=O) groups excluding carboxylic acids is 2. The lowest BCUT2D eigenvalue weighted by Gasteiger charge is -2.05. The lowest BCUT2D eigenvalue weighted by molar-refractivity contribution is -0.141. The van der Waals surface area contributed by atoms with E-state index in [1.165, 1.54) is 18.4 Å². The summed E-state index contributed by atoms with van der Waals surface area (Å²) < 4.78 is 12.9. The molecule has 0 aliphatic carbocycles. The Kier molecular flexibility index (Phi) is 5.94. The van der Waals surface area contributed by atoms with E-state index in [2.05, 4.69) is 11.1 Å². The lowest BCUT2D eigenvalue weighted by atomic mass is 10.1. The number of rotatable bonds is 5. The van der Waals surface area contributed by atoms with Crippen LogP contribution in [0.4, 0.5) is 0 Å². The van der Waals surface area contributed by atoms with Gasteiger partial charge in [-0.25, -0.2) is 0 Å². The van der Waals surface area contributed by atoms with Crippen LogP contribution in [0.3, 0.4) is 0 Å². The molecule has 0 radical (unpaired) electrons. The van der Waals surface area contributed by atoms with Crippen LogP contribution in [0.15, 0.2) is 41.4 Å². The molecule has 0 spiro atoms. The lowest BCUT2D eigenvalue weighted by Crippen LogP contribution is -2.22. The maximum Gasteiger partial charge on any atom is 0.325 e. The number of hydrogen-bond acceptors (Lipinski definition) is 5. The third-order valence-electron chi connectivity index (χ3n) is 4.24. The largest absolute Gasteiger partial charge is 0.494 e. The first-order valence-electron chi connectivity index (χ1n) is 8.92. The number of aromatic nitrogens is 1. The van der Waals surface area contributed by atoms with Crippen molar-refractivity contribution in [2.45, 2.75) is 27.3 Å². The van der Waals surface area contributed by atoms with Crippen molar-refractivity contribution in [3.05, 3.63) is 57.9 Å². The number of amides is 1. The van der Waals surface area contributed by atoms with Gasteiger partial charge in [-0.3, -0.25) is 9.59 Å². The van der Waals surface area contributed by atoms with E-state index in [-0.39, 0.29) is 12.5 Å². The van der Waals surface area contributed by atoms with Gasteiger partial charge in [-0.15, -0.1) is 0 Å². The Morgan fingerprint density at radius 1 is 1.14 bits per heavy atom. The normalized spacial score (nSPS) is 11.6. The number of methoxy groups -OCH3 is 1. The first-order valence-corrected chi connectivity index (χ1v) is 9.74. The molecule has 1 aromatic heterocycles. The third kappa shape index (κ3) is 4.14. The Morgan fingerprint density at radius 2 is 1.86 bits per heavy atom. The quantitative estimate of drug-likeness (QED) is 0.616. The highest BCUT2D eigenvalue weighted by Crippen LogP contribution is 2.23. The van der Waals surface area contributed by atoms with Gasteiger partial charge in [0.2, 0.25) is 0 Å². The summed E-state index contributed by atoms with van der Waals surface area (Å²) >= 11 is 1.39. The number of aryl methyl sites for hydroxylation is 2. The number of fused-ring (bicyclic) bond motifs is 1. The number of nitrogens with zero attached hydrogens (tertiary/aromatic N) is 2. The molecular weight excluding hydrogens is 376 g/mol. The molecule has 1 amide bonds. The molecule has 0 bridgehead atoms.